The number of amides is 3. The second-order valence-electron chi connectivity index (χ2n) is 8.03. The Balaban J connectivity index is 1.57. The van der Waals surface area contributed by atoms with Crippen molar-refractivity contribution in [1.82, 2.24) is 4.90 Å². The number of halogens is 1. The molecule has 0 saturated carbocycles. The zero-order chi connectivity index (χ0) is 25.1. The van der Waals surface area contributed by atoms with Crippen molar-refractivity contribution in [2.24, 2.45) is 0 Å². The predicted octanol–water partition coefficient (Wildman–Crippen LogP) is 5.96. The van der Waals surface area contributed by atoms with Crippen LogP contribution in [0.3, 0.4) is 0 Å². The lowest BCUT2D eigenvalue weighted by molar-refractivity contribution is -0.127. The molecule has 35 heavy (non-hydrogen) atoms. The molecule has 1 heterocycles. The van der Waals surface area contributed by atoms with Crippen LogP contribution in [0.4, 0.5) is 10.5 Å². The van der Waals surface area contributed by atoms with E-state index in [4.69, 9.17) is 21.1 Å². The molecular formula is C26H23ClN2O5S. The molecule has 1 saturated heterocycles. The number of rotatable bonds is 7. The zero-order valence-corrected chi connectivity index (χ0v) is 20.9. The third-order valence-corrected chi connectivity index (χ3v) is 6.38. The summed E-state index contributed by atoms with van der Waals surface area (Å²) >= 11 is 6.89. The lowest BCUT2D eigenvalue weighted by Gasteiger charge is -2.15. The molecule has 4 rings (SSSR count). The quantitative estimate of drug-likeness (QED) is 0.394. The van der Waals surface area contributed by atoms with Crippen molar-refractivity contribution in [2.75, 3.05) is 19.0 Å². The summed E-state index contributed by atoms with van der Waals surface area (Å²) < 4.78 is 11.1. The third-order valence-electron chi connectivity index (χ3n) is 5.18. The highest BCUT2D eigenvalue weighted by Gasteiger charge is 2.36. The number of thioether (sulfide) groups is 1. The van der Waals surface area contributed by atoms with Gasteiger partial charge in [-0.3, -0.25) is 19.3 Å². The Labute approximate surface area is 212 Å². The van der Waals surface area contributed by atoms with Crippen LogP contribution in [0, 0.1) is 0 Å². The fraction of sp³-hybridized carbons (Fsp3) is 0.192. The summed E-state index contributed by atoms with van der Waals surface area (Å²) in [4.78, 5) is 39.4. The largest absolute Gasteiger partial charge is 0.495 e. The summed E-state index contributed by atoms with van der Waals surface area (Å²) in [6.45, 7) is 3.42. The van der Waals surface area contributed by atoms with Gasteiger partial charge >= 0.3 is 0 Å². The topological polar surface area (TPSA) is 84.9 Å². The maximum Gasteiger partial charge on any atom is 0.294 e. The van der Waals surface area contributed by atoms with E-state index in [-0.39, 0.29) is 11.0 Å². The lowest BCUT2D eigenvalue weighted by Crippen LogP contribution is -2.36. The van der Waals surface area contributed by atoms with Gasteiger partial charge in [-0.25, -0.2) is 0 Å². The molecular weight excluding hydrogens is 488 g/mol. The summed E-state index contributed by atoms with van der Waals surface area (Å²) in [7, 11) is 1.49. The molecule has 7 nitrogen and oxygen atoms in total. The number of fused-ring (bicyclic) bond motifs is 1. The highest BCUT2D eigenvalue weighted by atomic mass is 35.5. The molecule has 3 amide bonds. The Morgan fingerprint density at radius 2 is 1.86 bits per heavy atom. The highest BCUT2D eigenvalue weighted by molar-refractivity contribution is 8.18. The van der Waals surface area contributed by atoms with Crippen LogP contribution in [0.5, 0.6) is 11.5 Å². The van der Waals surface area contributed by atoms with Gasteiger partial charge in [0.25, 0.3) is 11.1 Å². The fourth-order valence-electron chi connectivity index (χ4n) is 3.64. The minimum atomic E-state index is -0.536. The van der Waals surface area contributed by atoms with E-state index in [2.05, 4.69) is 5.32 Å². The van der Waals surface area contributed by atoms with Crippen LogP contribution in [0.15, 0.2) is 59.5 Å². The predicted molar refractivity (Wildman–Crippen MR) is 139 cm³/mol. The molecule has 0 bridgehead atoms. The third kappa shape index (κ3) is 5.44. The first-order valence-electron chi connectivity index (χ1n) is 10.8. The van der Waals surface area contributed by atoms with Crippen LogP contribution in [0.1, 0.15) is 19.4 Å². The van der Waals surface area contributed by atoms with Crippen LogP contribution >= 0.6 is 23.4 Å². The zero-order valence-electron chi connectivity index (χ0n) is 19.3. The standard InChI is InChI=1S/C26H23ClN2O5S/c1-15(2)34-21-10-8-16-6-4-5-7-18(16)19(21)13-23-25(31)29(26(32)35-23)14-24(30)28-17-9-11-22(33-3)20(27)12-17/h4-13,15H,14H2,1-3H3,(H,28,30)/b23-13+. The molecule has 0 aromatic heterocycles. The number of nitrogens with one attached hydrogen (secondary N) is 1. The second kappa shape index (κ2) is 10.4. The molecule has 3 aromatic carbocycles. The normalized spacial score (nSPS) is 14.8. The van der Waals surface area contributed by atoms with E-state index in [0.29, 0.717) is 27.8 Å². The Morgan fingerprint density at radius 3 is 2.57 bits per heavy atom. The molecule has 0 aliphatic carbocycles. The van der Waals surface area contributed by atoms with Crippen molar-refractivity contribution in [3.8, 4) is 11.5 Å². The molecule has 1 aliphatic rings. The SMILES string of the molecule is COc1ccc(NC(=O)CN2C(=O)S/C(=C/c3c(OC(C)C)ccc4ccccc34)C2=O)cc1Cl. The maximum atomic E-state index is 13.1. The van der Waals surface area contributed by atoms with Gasteiger partial charge in [0.15, 0.2) is 0 Å². The average Bonchev–Trinajstić information content (AvgIpc) is 3.07. The molecule has 3 aromatic rings. The van der Waals surface area contributed by atoms with Crippen LogP contribution in [-0.2, 0) is 9.59 Å². The van der Waals surface area contributed by atoms with E-state index >= 15 is 0 Å². The van der Waals surface area contributed by atoms with Gasteiger partial charge in [-0.05, 0) is 66.7 Å². The molecule has 180 valence electrons. The molecule has 0 radical (unpaired) electrons. The number of hydrogen-bond acceptors (Lipinski definition) is 6. The number of nitrogens with zero attached hydrogens (tertiary/aromatic N) is 1. The van der Waals surface area contributed by atoms with E-state index in [1.54, 1.807) is 18.2 Å². The van der Waals surface area contributed by atoms with Crippen LogP contribution < -0.4 is 14.8 Å². The monoisotopic (exact) mass is 510 g/mol. The van der Waals surface area contributed by atoms with E-state index in [1.165, 1.54) is 13.2 Å². The molecule has 0 unspecified atom stereocenters. The molecule has 9 heteroatoms. The Kier molecular flexibility index (Phi) is 7.33. The summed E-state index contributed by atoms with van der Waals surface area (Å²) in [5, 5.41) is 4.33. The minimum absolute atomic E-state index is 0.0754. The van der Waals surface area contributed by atoms with Crippen molar-refractivity contribution in [3.63, 3.8) is 0 Å². The number of hydrogen-bond donors (Lipinski definition) is 1. The summed E-state index contributed by atoms with van der Waals surface area (Å²) in [5.74, 6) is 0.0183. The number of anilines is 1. The molecule has 1 aliphatic heterocycles. The van der Waals surface area contributed by atoms with Crippen molar-refractivity contribution in [3.05, 3.63) is 70.1 Å². The Bertz CT molecular complexity index is 1350. The van der Waals surface area contributed by atoms with E-state index in [1.807, 2.05) is 50.2 Å². The smallest absolute Gasteiger partial charge is 0.294 e. The average molecular weight is 511 g/mol. The molecule has 0 atom stereocenters. The van der Waals surface area contributed by atoms with Gasteiger partial charge in [0.2, 0.25) is 5.91 Å². The number of imide groups is 1. The van der Waals surface area contributed by atoms with E-state index in [9.17, 15) is 14.4 Å². The summed E-state index contributed by atoms with van der Waals surface area (Å²) in [6.07, 6.45) is 1.58. The van der Waals surface area contributed by atoms with E-state index in [0.717, 1.165) is 27.4 Å². The van der Waals surface area contributed by atoms with Gasteiger partial charge in [-0.2, -0.15) is 0 Å². The van der Waals surface area contributed by atoms with Gasteiger partial charge in [0, 0.05) is 11.3 Å². The van der Waals surface area contributed by atoms with Crippen molar-refractivity contribution in [2.45, 2.75) is 20.0 Å². The number of ether oxygens (including phenoxy) is 2. The van der Waals surface area contributed by atoms with Crippen molar-refractivity contribution >= 4 is 63.0 Å². The van der Waals surface area contributed by atoms with Gasteiger partial charge in [0.1, 0.15) is 18.0 Å². The Morgan fingerprint density at radius 1 is 1.11 bits per heavy atom. The second-order valence-corrected chi connectivity index (χ2v) is 9.43. The van der Waals surface area contributed by atoms with Crippen LogP contribution in [0.2, 0.25) is 5.02 Å². The first-order chi connectivity index (χ1) is 16.8. The summed E-state index contributed by atoms with van der Waals surface area (Å²) in [5.41, 5.74) is 1.13. The number of carbonyl (C=O) groups is 3. The Hall–Kier alpha value is -3.49. The molecule has 1 N–H and O–H groups in total. The molecule has 1 fully saturated rings. The summed E-state index contributed by atoms with van der Waals surface area (Å²) in [6, 6.07) is 16.3. The first-order valence-corrected chi connectivity index (χ1v) is 12.0. The maximum absolute atomic E-state index is 13.1. The van der Waals surface area contributed by atoms with Gasteiger partial charge in [-0.15, -0.1) is 0 Å². The minimum Gasteiger partial charge on any atom is -0.495 e. The van der Waals surface area contributed by atoms with Crippen molar-refractivity contribution in [1.29, 1.82) is 0 Å². The fourth-order valence-corrected chi connectivity index (χ4v) is 4.71. The van der Waals surface area contributed by atoms with Crippen molar-refractivity contribution < 1.29 is 23.9 Å². The lowest BCUT2D eigenvalue weighted by atomic mass is 10.0. The number of benzene rings is 3. The van der Waals surface area contributed by atoms with E-state index < -0.39 is 23.6 Å². The number of methoxy groups -OCH3 is 1. The highest BCUT2D eigenvalue weighted by Crippen LogP contribution is 2.37. The van der Waals surface area contributed by atoms with Gasteiger partial charge < -0.3 is 14.8 Å². The number of carbonyl (C=O) groups excluding carboxylic acids is 3. The van der Waals surface area contributed by atoms with Crippen LogP contribution in [-0.4, -0.2) is 41.7 Å². The molecule has 0 spiro atoms. The van der Waals surface area contributed by atoms with Gasteiger partial charge in [0.05, 0.1) is 23.1 Å². The van der Waals surface area contributed by atoms with Gasteiger partial charge in [-0.1, -0.05) is 41.9 Å². The first kappa shape index (κ1) is 24.6. The van der Waals surface area contributed by atoms with Crippen LogP contribution in [0.25, 0.3) is 16.8 Å².